The monoisotopic (exact) mass is 378 g/mol. The van der Waals surface area contributed by atoms with Crippen LogP contribution >= 0.6 is 0 Å². The summed E-state index contributed by atoms with van der Waals surface area (Å²) in [6.45, 7) is -1.71. The van der Waals surface area contributed by atoms with E-state index in [0.717, 1.165) is 37.8 Å². The van der Waals surface area contributed by atoms with E-state index in [4.69, 9.17) is 0 Å². The van der Waals surface area contributed by atoms with Crippen molar-refractivity contribution in [1.29, 1.82) is 0 Å². The molecule has 0 atom stereocenters. The van der Waals surface area contributed by atoms with E-state index in [1.54, 1.807) is 0 Å². The molecule has 2 rings (SSSR count). The number of benzene rings is 1. The van der Waals surface area contributed by atoms with Gasteiger partial charge in [-0.05, 0) is 62.1 Å². The van der Waals surface area contributed by atoms with Crippen molar-refractivity contribution in [1.82, 2.24) is 0 Å². The molecule has 1 aromatic carbocycles. The van der Waals surface area contributed by atoms with Gasteiger partial charge in [-0.1, -0.05) is 18.2 Å². The Hall–Kier alpha value is -1.63. The van der Waals surface area contributed by atoms with Gasteiger partial charge in [0.1, 0.15) is 0 Å². The second kappa shape index (κ2) is 9.35. The Kier molecular flexibility index (Phi) is 7.43. The second-order valence-electron chi connectivity index (χ2n) is 6.58. The maximum atomic E-state index is 14.0. The zero-order valence-electron chi connectivity index (χ0n) is 14.6. The molecule has 1 aliphatic carbocycles. The van der Waals surface area contributed by atoms with Gasteiger partial charge in [-0.15, -0.1) is 0 Å². The van der Waals surface area contributed by atoms with Crippen LogP contribution in [0.5, 0.6) is 5.75 Å². The van der Waals surface area contributed by atoms with Crippen molar-refractivity contribution in [2.75, 3.05) is 0 Å². The summed E-state index contributed by atoms with van der Waals surface area (Å²) in [5, 5.41) is 0. The van der Waals surface area contributed by atoms with Crippen LogP contribution in [0.4, 0.5) is 22.0 Å². The molecule has 0 radical (unpaired) electrons. The average Bonchev–Trinajstić information content (AvgIpc) is 2.57. The van der Waals surface area contributed by atoms with Crippen molar-refractivity contribution in [2.45, 2.75) is 58.4 Å². The van der Waals surface area contributed by atoms with E-state index in [9.17, 15) is 22.0 Å². The van der Waals surface area contributed by atoms with Crippen LogP contribution in [-0.2, 0) is 11.3 Å². The lowest BCUT2D eigenvalue weighted by Gasteiger charge is -2.29. The number of hydrogen-bond acceptors (Lipinski definition) is 2. The van der Waals surface area contributed by atoms with Gasteiger partial charge in [0.25, 0.3) is 0 Å². The fraction of sp³-hybridized carbons (Fsp3) is 0.579. The summed E-state index contributed by atoms with van der Waals surface area (Å²) in [6, 6.07) is 3.05. The number of ether oxygens (including phenoxy) is 2. The first-order chi connectivity index (χ1) is 12.3. The van der Waals surface area contributed by atoms with E-state index in [-0.39, 0.29) is 17.9 Å². The highest BCUT2D eigenvalue weighted by atomic mass is 19.3. The van der Waals surface area contributed by atoms with Gasteiger partial charge in [-0.3, -0.25) is 0 Å². The molecule has 0 amide bonds. The smallest absolute Gasteiger partial charge is 0.387 e. The fourth-order valence-electron chi connectivity index (χ4n) is 3.27. The van der Waals surface area contributed by atoms with Gasteiger partial charge in [0.15, 0.2) is 11.6 Å². The maximum absolute atomic E-state index is 14.0. The Morgan fingerprint density at radius 2 is 1.88 bits per heavy atom. The van der Waals surface area contributed by atoms with Crippen LogP contribution in [0.25, 0.3) is 0 Å². The third kappa shape index (κ3) is 6.59. The molecule has 0 aliphatic heterocycles. The highest BCUT2D eigenvalue weighted by molar-refractivity contribution is 5.29. The molecule has 0 saturated heterocycles. The summed E-state index contributed by atoms with van der Waals surface area (Å²) in [7, 11) is 0. The van der Waals surface area contributed by atoms with Gasteiger partial charge >= 0.3 is 12.7 Å². The predicted octanol–water partition coefficient (Wildman–Crippen LogP) is 6.31. The van der Waals surface area contributed by atoms with E-state index in [2.05, 4.69) is 15.5 Å². The van der Waals surface area contributed by atoms with Crippen LogP contribution in [-0.4, -0.2) is 12.7 Å². The lowest BCUT2D eigenvalue weighted by atomic mass is 9.80. The van der Waals surface area contributed by atoms with Gasteiger partial charge in [0, 0.05) is 6.42 Å². The summed E-state index contributed by atoms with van der Waals surface area (Å²) in [4.78, 5) is 0. The lowest BCUT2D eigenvalue weighted by Crippen LogP contribution is -2.27. The van der Waals surface area contributed by atoms with E-state index >= 15 is 0 Å². The van der Waals surface area contributed by atoms with Gasteiger partial charge in [0.2, 0.25) is 0 Å². The second-order valence-corrected chi connectivity index (χ2v) is 6.58. The SMILES string of the molecule is C/C=C/[C@H]1CC[C@H](CC(F)(F)OCc2ccc(OC(F)F)c(F)c2)CC1. The summed E-state index contributed by atoms with van der Waals surface area (Å²) in [5.74, 6) is -1.32. The minimum absolute atomic E-state index is 0.106. The molecule has 0 aromatic heterocycles. The van der Waals surface area contributed by atoms with E-state index in [0.29, 0.717) is 5.92 Å². The van der Waals surface area contributed by atoms with E-state index in [1.807, 2.05) is 13.0 Å². The molecule has 146 valence electrons. The van der Waals surface area contributed by atoms with Crippen molar-refractivity contribution in [3.63, 3.8) is 0 Å². The molecular weight excluding hydrogens is 355 g/mol. The Morgan fingerprint density at radius 1 is 1.19 bits per heavy atom. The first-order valence-electron chi connectivity index (χ1n) is 8.67. The quantitative estimate of drug-likeness (QED) is 0.390. The molecule has 0 heterocycles. The highest BCUT2D eigenvalue weighted by Crippen LogP contribution is 2.37. The minimum Gasteiger partial charge on any atom is -0.432 e. The first kappa shape index (κ1) is 20.7. The van der Waals surface area contributed by atoms with E-state index < -0.39 is 30.9 Å². The fourth-order valence-corrected chi connectivity index (χ4v) is 3.27. The molecule has 0 N–H and O–H groups in total. The number of halogens is 5. The van der Waals surface area contributed by atoms with Gasteiger partial charge in [-0.25, -0.2) is 4.39 Å². The number of alkyl halides is 4. The summed E-state index contributed by atoms with van der Waals surface area (Å²) in [5.41, 5.74) is 0.126. The van der Waals surface area contributed by atoms with Crippen LogP contribution in [0.3, 0.4) is 0 Å². The minimum atomic E-state index is -3.31. The lowest BCUT2D eigenvalue weighted by molar-refractivity contribution is -0.256. The summed E-state index contributed by atoms with van der Waals surface area (Å²) < 4.78 is 74.5. The molecular formula is C19H23F5O2. The van der Waals surface area contributed by atoms with Crippen molar-refractivity contribution in [3.8, 4) is 5.75 Å². The number of allylic oxidation sites excluding steroid dienone is 2. The van der Waals surface area contributed by atoms with Crippen LogP contribution in [0.2, 0.25) is 0 Å². The molecule has 1 aliphatic rings. The molecule has 0 bridgehead atoms. The van der Waals surface area contributed by atoms with Crippen LogP contribution < -0.4 is 4.74 Å². The predicted molar refractivity (Wildman–Crippen MR) is 87.6 cm³/mol. The standard InChI is InChI=1S/C19H23F5O2/c1-2-3-13-4-6-14(7-5-13)11-19(23,24)25-12-15-8-9-17(16(20)10-15)26-18(21)22/h2-3,8-10,13-14,18H,4-7,11-12H2,1H3/b3-2+/t13-,14-. The van der Waals surface area contributed by atoms with Crippen LogP contribution in [0, 0.1) is 17.7 Å². The maximum Gasteiger partial charge on any atom is 0.387 e. The van der Waals surface area contributed by atoms with E-state index in [1.165, 1.54) is 6.07 Å². The third-order valence-corrected chi connectivity index (χ3v) is 4.54. The van der Waals surface area contributed by atoms with Gasteiger partial charge in [0.05, 0.1) is 6.61 Å². The first-order valence-corrected chi connectivity index (χ1v) is 8.67. The zero-order chi connectivity index (χ0) is 19.2. The van der Waals surface area contributed by atoms with Crippen molar-refractivity contribution in [2.24, 2.45) is 11.8 Å². The Labute approximate surface area is 150 Å². The summed E-state index contributed by atoms with van der Waals surface area (Å²) >= 11 is 0. The van der Waals surface area contributed by atoms with Crippen LogP contribution in [0.15, 0.2) is 30.4 Å². The van der Waals surface area contributed by atoms with Gasteiger partial charge in [-0.2, -0.15) is 17.6 Å². The normalized spacial score (nSPS) is 21.5. The molecule has 7 heteroatoms. The van der Waals surface area contributed by atoms with Crippen molar-refractivity contribution < 1.29 is 31.4 Å². The molecule has 1 fully saturated rings. The Balaban J connectivity index is 1.83. The average molecular weight is 378 g/mol. The Bertz CT molecular complexity index is 596. The van der Waals surface area contributed by atoms with Crippen LogP contribution in [0.1, 0.15) is 44.6 Å². The molecule has 26 heavy (non-hydrogen) atoms. The topological polar surface area (TPSA) is 18.5 Å². The number of hydrogen-bond donors (Lipinski definition) is 0. The van der Waals surface area contributed by atoms with Crippen molar-refractivity contribution >= 4 is 0 Å². The molecule has 0 unspecified atom stereocenters. The molecule has 1 aromatic rings. The van der Waals surface area contributed by atoms with Gasteiger partial charge < -0.3 is 9.47 Å². The largest absolute Gasteiger partial charge is 0.432 e. The highest BCUT2D eigenvalue weighted by Gasteiger charge is 2.35. The van der Waals surface area contributed by atoms with Crippen molar-refractivity contribution in [3.05, 3.63) is 41.7 Å². The molecule has 1 saturated carbocycles. The zero-order valence-corrected chi connectivity index (χ0v) is 14.6. The number of rotatable bonds is 8. The summed E-state index contributed by atoms with van der Waals surface area (Å²) in [6.07, 6.45) is 3.64. The molecule has 2 nitrogen and oxygen atoms in total. The molecule has 0 spiro atoms. The third-order valence-electron chi connectivity index (χ3n) is 4.54. The Morgan fingerprint density at radius 3 is 2.46 bits per heavy atom.